The molecule has 0 atom stereocenters. The maximum Gasteiger partial charge on any atom is 0.0220 e. The fourth-order valence-electron chi connectivity index (χ4n) is 5.33. The highest BCUT2D eigenvalue weighted by atomic mass is 79.9. The van der Waals surface area contributed by atoms with Crippen LogP contribution in [0.4, 0.5) is 0 Å². The van der Waals surface area contributed by atoms with Gasteiger partial charge in [0.2, 0.25) is 0 Å². The monoisotopic (exact) mass is 342 g/mol. The molecule has 0 saturated heterocycles. The van der Waals surface area contributed by atoms with Crippen LogP contribution in [0.5, 0.6) is 0 Å². The summed E-state index contributed by atoms with van der Waals surface area (Å²) in [6.45, 7) is 0. The predicted molar refractivity (Wildman–Crippen MR) is 95.1 cm³/mol. The predicted octanol–water partition coefficient (Wildman–Crippen LogP) is 5.62. The molecule has 0 aromatic heterocycles. The van der Waals surface area contributed by atoms with Crippen LogP contribution in [0.15, 0.2) is 34.8 Å². The Kier molecular flexibility index (Phi) is 1.52. The Labute approximate surface area is 135 Å². The Balaban J connectivity index is 2.01. The summed E-state index contributed by atoms with van der Waals surface area (Å²) in [7, 11) is 0. The molecule has 102 valence electrons. The molecule has 0 aliphatic heterocycles. The van der Waals surface area contributed by atoms with E-state index in [4.69, 9.17) is 0 Å². The second kappa shape index (κ2) is 3.09. The van der Waals surface area contributed by atoms with Gasteiger partial charge in [0.25, 0.3) is 0 Å². The second-order valence-corrected chi connectivity index (χ2v) is 7.90. The van der Waals surface area contributed by atoms with Crippen molar-refractivity contribution in [2.24, 2.45) is 0 Å². The first-order valence-corrected chi connectivity index (χ1v) is 8.75. The first kappa shape index (κ1) is 10.8. The zero-order chi connectivity index (χ0) is 14.2. The largest absolute Gasteiger partial charge is 0.0578 e. The quantitative estimate of drug-likeness (QED) is 0.314. The summed E-state index contributed by atoms with van der Waals surface area (Å²) in [6.07, 6.45) is 3.30. The average molecular weight is 343 g/mol. The van der Waals surface area contributed by atoms with Gasteiger partial charge in [-0.3, -0.25) is 0 Å². The zero-order valence-electron chi connectivity index (χ0n) is 11.9. The third-order valence-electron chi connectivity index (χ3n) is 6.10. The minimum absolute atomic E-state index is 1.09. The van der Waals surface area contributed by atoms with Crippen molar-refractivity contribution in [1.82, 2.24) is 0 Å². The molecule has 0 saturated carbocycles. The van der Waals surface area contributed by atoms with E-state index in [1.165, 1.54) is 37.9 Å². The summed E-state index contributed by atoms with van der Waals surface area (Å²) in [5, 5.41) is 9.40. The molecular weight excluding hydrogens is 332 g/mol. The summed E-state index contributed by atoms with van der Waals surface area (Å²) in [4.78, 5) is 0. The van der Waals surface area contributed by atoms with Crippen molar-refractivity contribution in [3.8, 4) is 0 Å². The Morgan fingerprint density at radius 2 is 1.00 bits per heavy atom. The van der Waals surface area contributed by atoms with E-state index in [1.807, 2.05) is 0 Å². The number of hydrogen-bond acceptors (Lipinski definition) is 0. The zero-order valence-corrected chi connectivity index (χ0v) is 13.5. The van der Waals surface area contributed by atoms with Gasteiger partial charge in [-0.2, -0.15) is 0 Å². The van der Waals surface area contributed by atoms with Crippen molar-refractivity contribution in [2.75, 3.05) is 0 Å². The lowest BCUT2D eigenvalue weighted by molar-refractivity contribution is 1.23. The Morgan fingerprint density at radius 1 is 0.545 bits per heavy atom. The van der Waals surface area contributed by atoms with E-state index in [1.54, 1.807) is 32.3 Å². The molecule has 0 amide bonds. The second-order valence-electron chi connectivity index (χ2n) is 7.04. The molecule has 0 nitrogen and oxygen atoms in total. The molecule has 0 radical (unpaired) electrons. The number of benzene rings is 4. The molecule has 3 aliphatic carbocycles. The molecule has 22 heavy (non-hydrogen) atoms. The van der Waals surface area contributed by atoms with Crippen molar-refractivity contribution < 1.29 is 0 Å². The molecule has 0 N–H and O–H groups in total. The Hall–Kier alpha value is -1.86. The van der Waals surface area contributed by atoms with E-state index in [9.17, 15) is 0 Å². The van der Waals surface area contributed by atoms with Crippen LogP contribution in [0, 0.1) is 0 Å². The minimum Gasteiger partial charge on any atom is -0.0578 e. The maximum absolute atomic E-state index is 3.85. The van der Waals surface area contributed by atoms with Crippen LogP contribution in [-0.4, -0.2) is 0 Å². The lowest BCUT2D eigenvalue weighted by atomic mass is 9.94. The molecule has 0 heterocycles. The van der Waals surface area contributed by atoms with Crippen molar-refractivity contribution in [2.45, 2.75) is 19.3 Å². The van der Waals surface area contributed by atoms with Gasteiger partial charge >= 0.3 is 0 Å². The molecule has 4 aromatic carbocycles. The van der Waals surface area contributed by atoms with E-state index in [2.05, 4.69) is 46.3 Å². The minimum atomic E-state index is 1.09. The normalized spacial score (nSPS) is 15.9. The smallest absolute Gasteiger partial charge is 0.0220 e. The number of rotatable bonds is 0. The average Bonchev–Trinajstić information content (AvgIpc) is 3.15. The van der Waals surface area contributed by atoms with Gasteiger partial charge in [-0.15, -0.1) is 0 Å². The van der Waals surface area contributed by atoms with E-state index < -0.39 is 0 Å². The Morgan fingerprint density at radius 3 is 1.64 bits per heavy atom. The van der Waals surface area contributed by atoms with E-state index in [0.29, 0.717) is 0 Å². The van der Waals surface area contributed by atoms with Gasteiger partial charge in [0.1, 0.15) is 0 Å². The van der Waals surface area contributed by atoms with Crippen molar-refractivity contribution in [3.05, 3.63) is 68.2 Å². The lowest BCUT2D eigenvalue weighted by Crippen LogP contribution is -1.86. The van der Waals surface area contributed by atoms with Crippen LogP contribution < -0.4 is 0 Å². The highest BCUT2D eigenvalue weighted by Gasteiger charge is 2.32. The van der Waals surface area contributed by atoms with Gasteiger partial charge in [0.05, 0.1) is 0 Å². The SMILES string of the molecule is Brc1cc2c3c4c(ccc5c4c4c(ccc6c4c3c1C6)C5)C2. The number of halogens is 1. The molecule has 0 unspecified atom stereocenters. The van der Waals surface area contributed by atoms with Crippen molar-refractivity contribution in [1.29, 1.82) is 0 Å². The summed E-state index contributed by atoms with van der Waals surface area (Å²) in [6, 6.07) is 11.9. The third-order valence-corrected chi connectivity index (χ3v) is 6.80. The van der Waals surface area contributed by atoms with Crippen molar-refractivity contribution >= 4 is 48.2 Å². The van der Waals surface area contributed by atoms with E-state index >= 15 is 0 Å². The summed E-state index contributed by atoms with van der Waals surface area (Å²) < 4.78 is 1.31. The summed E-state index contributed by atoms with van der Waals surface area (Å²) >= 11 is 3.85. The molecule has 3 aliphatic rings. The summed E-state index contributed by atoms with van der Waals surface area (Å²) in [5.41, 5.74) is 9.16. The first-order chi connectivity index (χ1) is 10.8. The standard InChI is InChI=1S/C21H11Br/c22-15-8-13-6-11-2-1-9-5-10-3-4-12-7-14(15)21-19(12)17(10)16(9)18(11)20(13)21/h1-4,8H,5-7H2. The first-order valence-electron chi connectivity index (χ1n) is 7.96. The van der Waals surface area contributed by atoms with Crippen LogP contribution >= 0.6 is 15.9 Å². The third kappa shape index (κ3) is 0.919. The topological polar surface area (TPSA) is 0 Å². The molecule has 0 bridgehead atoms. The van der Waals surface area contributed by atoms with Gasteiger partial charge in [-0.25, -0.2) is 0 Å². The van der Waals surface area contributed by atoms with Gasteiger partial charge in [0, 0.05) is 4.47 Å². The molecular formula is C21H11Br. The van der Waals surface area contributed by atoms with Crippen molar-refractivity contribution in [3.63, 3.8) is 0 Å². The molecule has 0 fully saturated rings. The van der Waals surface area contributed by atoms with Gasteiger partial charge < -0.3 is 0 Å². The van der Waals surface area contributed by atoms with Crippen LogP contribution in [0.1, 0.15) is 33.4 Å². The molecule has 0 spiro atoms. The Bertz CT molecular complexity index is 1210. The fourth-order valence-corrected chi connectivity index (χ4v) is 5.94. The summed E-state index contributed by atoms with van der Waals surface area (Å²) in [5.74, 6) is 0. The highest BCUT2D eigenvalue weighted by molar-refractivity contribution is 9.10. The van der Waals surface area contributed by atoms with E-state index in [0.717, 1.165) is 19.3 Å². The van der Waals surface area contributed by atoms with Crippen LogP contribution in [-0.2, 0) is 19.3 Å². The maximum atomic E-state index is 3.85. The van der Waals surface area contributed by atoms with E-state index in [-0.39, 0.29) is 0 Å². The molecule has 7 rings (SSSR count). The van der Waals surface area contributed by atoms with Gasteiger partial charge in [-0.1, -0.05) is 40.2 Å². The van der Waals surface area contributed by atoms with Crippen LogP contribution in [0.25, 0.3) is 32.3 Å². The molecule has 1 heteroatoms. The molecule has 4 aromatic rings. The highest BCUT2D eigenvalue weighted by Crippen LogP contribution is 2.54. The van der Waals surface area contributed by atoms with Gasteiger partial charge in [0.15, 0.2) is 0 Å². The number of hydrogen-bond donors (Lipinski definition) is 0. The van der Waals surface area contributed by atoms with Crippen LogP contribution in [0.3, 0.4) is 0 Å². The van der Waals surface area contributed by atoms with Crippen LogP contribution in [0.2, 0.25) is 0 Å². The van der Waals surface area contributed by atoms with Gasteiger partial charge in [-0.05, 0) is 91.0 Å². The lowest BCUT2D eigenvalue weighted by Gasteiger charge is -2.09. The fraction of sp³-hybridized carbons (Fsp3) is 0.143.